The summed E-state index contributed by atoms with van der Waals surface area (Å²) in [7, 11) is 3.58. The summed E-state index contributed by atoms with van der Waals surface area (Å²) in [6.07, 6.45) is 6.29. The SMILES string of the molecule is [2H]C([2H])([2H])NC(=O)c1nnc(NC(=O)C2CC2)cc1Nc1cccc(-c2ncc(C(=O)NCCC3CCCN3C)s2)c1OC. The number of ether oxygens (including phenoxy) is 1. The van der Waals surface area contributed by atoms with Crippen molar-refractivity contribution >= 4 is 46.3 Å². The molecule has 2 fully saturated rings. The number of hydrogen-bond acceptors (Lipinski definition) is 10. The van der Waals surface area contributed by atoms with Crippen molar-refractivity contribution < 1.29 is 23.2 Å². The van der Waals surface area contributed by atoms with Crippen LogP contribution < -0.4 is 26.0 Å². The summed E-state index contributed by atoms with van der Waals surface area (Å²) >= 11 is 1.22. The quantitative estimate of drug-likeness (QED) is 0.267. The smallest absolute Gasteiger partial charge is 0.273 e. The van der Waals surface area contributed by atoms with E-state index in [0.717, 1.165) is 32.2 Å². The molecule has 5 rings (SSSR count). The Morgan fingerprint density at radius 3 is 2.76 bits per heavy atom. The van der Waals surface area contributed by atoms with Gasteiger partial charge in [0.25, 0.3) is 11.8 Å². The van der Waals surface area contributed by atoms with Crippen LogP contribution in [0.4, 0.5) is 17.2 Å². The number of para-hydroxylation sites is 1. The van der Waals surface area contributed by atoms with E-state index in [9.17, 15) is 14.4 Å². The van der Waals surface area contributed by atoms with Crippen molar-refractivity contribution in [2.45, 2.75) is 38.1 Å². The summed E-state index contributed by atoms with van der Waals surface area (Å²) in [5, 5.41) is 19.0. The normalized spacial score (nSPS) is 18.1. The number of likely N-dealkylation sites (tertiary alicyclic amines) is 1. The summed E-state index contributed by atoms with van der Waals surface area (Å²) in [5.41, 5.74) is 0.791. The number of amides is 3. The maximum Gasteiger partial charge on any atom is 0.273 e. The van der Waals surface area contributed by atoms with Gasteiger partial charge in [0.05, 0.1) is 30.2 Å². The van der Waals surface area contributed by atoms with Crippen LogP contribution in [0.2, 0.25) is 0 Å². The summed E-state index contributed by atoms with van der Waals surface area (Å²) in [6, 6.07) is 7.11. The van der Waals surface area contributed by atoms with Gasteiger partial charge in [0.15, 0.2) is 17.3 Å². The van der Waals surface area contributed by atoms with E-state index in [1.54, 1.807) is 18.2 Å². The summed E-state index contributed by atoms with van der Waals surface area (Å²) < 4.78 is 28.0. The van der Waals surface area contributed by atoms with E-state index in [-0.39, 0.29) is 34.9 Å². The van der Waals surface area contributed by atoms with Crippen molar-refractivity contribution in [3.05, 3.63) is 41.0 Å². The zero-order valence-corrected chi connectivity index (χ0v) is 23.6. The molecule has 1 aromatic carbocycles. The highest BCUT2D eigenvalue weighted by molar-refractivity contribution is 7.17. The van der Waals surface area contributed by atoms with Gasteiger partial charge in [0, 0.05) is 35.7 Å². The van der Waals surface area contributed by atoms with Gasteiger partial charge in [0.1, 0.15) is 9.88 Å². The average molecular weight is 582 g/mol. The fourth-order valence-corrected chi connectivity index (χ4v) is 5.66. The van der Waals surface area contributed by atoms with Crippen LogP contribution in [0.15, 0.2) is 30.5 Å². The van der Waals surface area contributed by atoms with Gasteiger partial charge >= 0.3 is 0 Å². The molecule has 1 saturated carbocycles. The second-order valence-corrected chi connectivity index (χ2v) is 11.1. The molecule has 1 unspecified atom stereocenters. The molecule has 216 valence electrons. The first-order valence-corrected chi connectivity index (χ1v) is 14.2. The molecule has 1 aliphatic carbocycles. The van der Waals surface area contributed by atoms with Crippen molar-refractivity contribution in [1.29, 1.82) is 0 Å². The molecular weight excluding hydrogens is 544 g/mol. The predicted molar refractivity (Wildman–Crippen MR) is 157 cm³/mol. The molecule has 1 saturated heterocycles. The molecule has 3 aromatic rings. The number of carbonyl (C=O) groups is 3. The lowest BCUT2D eigenvalue weighted by atomic mass is 10.1. The fraction of sp³-hybridized carbons (Fsp3) is 0.429. The van der Waals surface area contributed by atoms with Crippen LogP contribution in [-0.4, -0.2) is 78.1 Å². The lowest BCUT2D eigenvalue weighted by Gasteiger charge is -2.19. The zero-order valence-electron chi connectivity index (χ0n) is 25.8. The van der Waals surface area contributed by atoms with Gasteiger partial charge in [0.2, 0.25) is 5.91 Å². The Hall–Kier alpha value is -4.10. The third kappa shape index (κ3) is 6.63. The van der Waals surface area contributed by atoms with Crippen molar-refractivity contribution in [2.75, 3.05) is 44.9 Å². The first-order chi connectivity index (χ1) is 21.0. The first kappa shape index (κ1) is 24.7. The molecule has 0 bridgehead atoms. The van der Waals surface area contributed by atoms with E-state index in [2.05, 4.69) is 43.1 Å². The molecule has 13 heteroatoms. The number of nitrogens with one attached hydrogen (secondary N) is 4. The number of hydrogen-bond donors (Lipinski definition) is 4. The summed E-state index contributed by atoms with van der Waals surface area (Å²) in [4.78, 5) is 45.2. The molecular formula is C28H34N8O4S. The average Bonchev–Trinajstić information content (AvgIpc) is 3.57. The van der Waals surface area contributed by atoms with Crippen LogP contribution in [0.1, 0.15) is 56.4 Å². The molecule has 2 aliphatic rings. The lowest BCUT2D eigenvalue weighted by Crippen LogP contribution is -2.31. The van der Waals surface area contributed by atoms with Crippen LogP contribution in [0.5, 0.6) is 5.75 Å². The molecule has 1 atom stereocenters. The van der Waals surface area contributed by atoms with Crippen molar-refractivity contribution in [3.8, 4) is 16.3 Å². The first-order valence-electron chi connectivity index (χ1n) is 14.9. The Morgan fingerprint density at radius 2 is 2.02 bits per heavy atom. The minimum absolute atomic E-state index is 0.0930. The minimum atomic E-state index is -2.76. The number of rotatable bonds is 11. The number of carbonyl (C=O) groups excluding carboxylic acids is 3. The van der Waals surface area contributed by atoms with E-state index in [1.807, 2.05) is 5.32 Å². The number of benzene rings is 1. The van der Waals surface area contributed by atoms with E-state index in [0.29, 0.717) is 39.5 Å². The second kappa shape index (κ2) is 12.6. The molecule has 0 radical (unpaired) electrons. The third-order valence-corrected chi connectivity index (χ3v) is 8.23. The van der Waals surface area contributed by atoms with Crippen LogP contribution in [0, 0.1) is 5.92 Å². The number of methoxy groups -OCH3 is 1. The topological polar surface area (TPSA) is 150 Å². The third-order valence-electron chi connectivity index (χ3n) is 7.20. The van der Waals surface area contributed by atoms with Crippen molar-refractivity contribution in [1.82, 2.24) is 30.7 Å². The Morgan fingerprint density at radius 1 is 1.17 bits per heavy atom. The maximum atomic E-state index is 12.8. The largest absolute Gasteiger partial charge is 0.494 e. The monoisotopic (exact) mass is 581 g/mol. The lowest BCUT2D eigenvalue weighted by molar-refractivity contribution is -0.117. The van der Waals surface area contributed by atoms with E-state index >= 15 is 0 Å². The minimum Gasteiger partial charge on any atom is -0.494 e. The molecule has 41 heavy (non-hydrogen) atoms. The Bertz CT molecular complexity index is 1550. The molecule has 1 aliphatic heterocycles. The van der Waals surface area contributed by atoms with Gasteiger partial charge in [-0.2, -0.15) is 0 Å². The van der Waals surface area contributed by atoms with E-state index in [4.69, 9.17) is 8.85 Å². The molecule has 2 aromatic heterocycles. The highest BCUT2D eigenvalue weighted by Crippen LogP contribution is 2.40. The van der Waals surface area contributed by atoms with Gasteiger partial charge in [-0.3, -0.25) is 14.4 Å². The standard InChI is InChI=1S/C28H34N8O4S/c1-29-27(39)23-20(14-22(34-35-23)33-25(37)16-9-10-16)32-19-8-4-7-18(24(19)40-3)28-31-15-21(41-28)26(38)30-12-11-17-6-5-13-36(17)2/h4,7-8,14-17H,5-6,9-13H2,1-3H3,(H,29,39)(H,30,38)(H2,32,33,34,37)/i1D3. The number of nitrogens with zero attached hydrogens (tertiary/aromatic N) is 4. The second-order valence-electron chi connectivity index (χ2n) is 10.1. The van der Waals surface area contributed by atoms with E-state index < -0.39 is 12.9 Å². The molecule has 0 spiro atoms. The Balaban J connectivity index is 1.37. The Labute approximate surface area is 246 Å². The number of aromatic nitrogens is 3. The summed E-state index contributed by atoms with van der Waals surface area (Å²) in [6.45, 7) is -1.10. The Kier molecular flexibility index (Phi) is 7.59. The molecule has 3 heterocycles. The zero-order chi connectivity index (χ0) is 31.4. The highest BCUT2D eigenvalue weighted by atomic mass is 32.1. The van der Waals surface area contributed by atoms with Crippen LogP contribution >= 0.6 is 11.3 Å². The highest BCUT2D eigenvalue weighted by Gasteiger charge is 2.30. The van der Waals surface area contributed by atoms with Crippen LogP contribution in [-0.2, 0) is 4.79 Å². The maximum absolute atomic E-state index is 12.8. The fourth-order valence-electron chi connectivity index (χ4n) is 4.80. The van der Waals surface area contributed by atoms with Crippen LogP contribution in [0.25, 0.3) is 10.6 Å². The number of anilines is 3. The van der Waals surface area contributed by atoms with Gasteiger partial charge < -0.3 is 30.9 Å². The molecule has 12 nitrogen and oxygen atoms in total. The van der Waals surface area contributed by atoms with Gasteiger partial charge in [-0.05, 0) is 57.8 Å². The number of thiazole rings is 1. The van der Waals surface area contributed by atoms with Gasteiger partial charge in [-0.15, -0.1) is 21.5 Å². The van der Waals surface area contributed by atoms with Gasteiger partial charge in [-0.25, -0.2) is 4.98 Å². The molecule has 4 N–H and O–H groups in total. The molecule has 3 amide bonds. The summed E-state index contributed by atoms with van der Waals surface area (Å²) in [5.74, 6) is -1.02. The van der Waals surface area contributed by atoms with E-state index in [1.165, 1.54) is 37.1 Å². The van der Waals surface area contributed by atoms with Crippen molar-refractivity contribution in [2.24, 2.45) is 5.92 Å². The van der Waals surface area contributed by atoms with Crippen molar-refractivity contribution in [3.63, 3.8) is 0 Å². The van der Waals surface area contributed by atoms with Gasteiger partial charge in [-0.1, -0.05) is 6.07 Å². The van der Waals surface area contributed by atoms with Crippen LogP contribution in [0.3, 0.4) is 0 Å². The predicted octanol–water partition coefficient (Wildman–Crippen LogP) is 3.27.